The van der Waals surface area contributed by atoms with E-state index in [9.17, 15) is 19.2 Å². The maximum atomic E-state index is 13.2. The van der Waals surface area contributed by atoms with E-state index in [0.29, 0.717) is 4.90 Å². The Balaban J connectivity index is 1.87. The van der Waals surface area contributed by atoms with Crippen LogP contribution < -0.4 is 5.73 Å². The van der Waals surface area contributed by atoms with Crippen molar-refractivity contribution < 1.29 is 33.4 Å². The number of ether oxygens (including phenoxy) is 3. The molecule has 0 saturated carbocycles. The van der Waals surface area contributed by atoms with Crippen LogP contribution in [0.5, 0.6) is 0 Å². The Morgan fingerprint density at radius 1 is 0.971 bits per heavy atom. The van der Waals surface area contributed by atoms with Gasteiger partial charge in [-0.2, -0.15) is 0 Å². The van der Waals surface area contributed by atoms with E-state index >= 15 is 0 Å². The standard InChI is InChI=1S/C26H30N2O7/c1-26(2,3)35-24(31)21(13-23(30)33-4)28(22(29)14-27)25(32)34-15-20-18-11-7-5-9-16(18)17-10-6-8-12-19(17)20/h5-12,20-21H,13-15,27H2,1-4H3/t21-/m0/s1. The molecule has 0 heterocycles. The molecule has 0 spiro atoms. The molecule has 0 fully saturated rings. The van der Waals surface area contributed by atoms with Gasteiger partial charge < -0.3 is 19.9 Å². The van der Waals surface area contributed by atoms with Crippen LogP contribution in [-0.2, 0) is 28.6 Å². The molecule has 0 radical (unpaired) electrons. The van der Waals surface area contributed by atoms with E-state index in [4.69, 9.17) is 15.2 Å². The number of rotatable bonds is 7. The van der Waals surface area contributed by atoms with Gasteiger partial charge >= 0.3 is 18.0 Å². The van der Waals surface area contributed by atoms with Gasteiger partial charge in [-0.05, 0) is 43.0 Å². The summed E-state index contributed by atoms with van der Waals surface area (Å²) in [6.45, 7) is 4.22. The van der Waals surface area contributed by atoms with Crippen LogP contribution >= 0.6 is 0 Å². The molecule has 0 unspecified atom stereocenters. The SMILES string of the molecule is COC(=O)C[C@@H](C(=O)OC(C)(C)C)N(C(=O)CN)C(=O)OCC1c2ccccc2-c2ccccc21. The number of hydrogen-bond donors (Lipinski definition) is 1. The largest absolute Gasteiger partial charge is 0.469 e. The summed E-state index contributed by atoms with van der Waals surface area (Å²) in [5.41, 5.74) is 8.63. The third-order valence-corrected chi connectivity index (χ3v) is 5.55. The number of carbonyl (C=O) groups excluding carboxylic acids is 4. The molecule has 0 aromatic heterocycles. The number of imide groups is 1. The highest BCUT2D eigenvalue weighted by Gasteiger charge is 2.40. The number of benzene rings is 2. The Bertz CT molecular complexity index is 1080. The van der Waals surface area contributed by atoms with Crippen LogP contribution in [0, 0.1) is 0 Å². The lowest BCUT2D eigenvalue weighted by atomic mass is 9.98. The van der Waals surface area contributed by atoms with Crippen molar-refractivity contribution in [3.05, 3.63) is 59.7 Å². The average Bonchev–Trinajstić information content (AvgIpc) is 3.14. The molecule has 2 aromatic rings. The number of esters is 2. The fraction of sp³-hybridized carbons (Fsp3) is 0.385. The summed E-state index contributed by atoms with van der Waals surface area (Å²) in [6, 6.07) is 14.0. The van der Waals surface area contributed by atoms with Crippen LogP contribution in [0.25, 0.3) is 11.1 Å². The van der Waals surface area contributed by atoms with E-state index in [-0.39, 0.29) is 12.5 Å². The highest BCUT2D eigenvalue weighted by atomic mass is 16.6. The van der Waals surface area contributed by atoms with Crippen LogP contribution in [0.4, 0.5) is 4.79 Å². The predicted molar refractivity (Wildman–Crippen MR) is 127 cm³/mol. The van der Waals surface area contributed by atoms with Crippen LogP contribution in [0.15, 0.2) is 48.5 Å². The van der Waals surface area contributed by atoms with Crippen molar-refractivity contribution in [2.45, 2.75) is 44.8 Å². The van der Waals surface area contributed by atoms with Crippen LogP contribution in [0.1, 0.15) is 44.2 Å². The fourth-order valence-electron chi connectivity index (χ4n) is 4.06. The Morgan fingerprint density at radius 2 is 1.51 bits per heavy atom. The Kier molecular flexibility index (Phi) is 7.91. The first kappa shape index (κ1) is 25.9. The van der Waals surface area contributed by atoms with Gasteiger partial charge in [0.15, 0.2) is 6.04 Å². The second kappa shape index (κ2) is 10.7. The Morgan fingerprint density at radius 3 is 2.00 bits per heavy atom. The summed E-state index contributed by atoms with van der Waals surface area (Å²) >= 11 is 0. The van der Waals surface area contributed by atoms with Gasteiger partial charge in [-0.1, -0.05) is 48.5 Å². The molecule has 186 valence electrons. The minimum Gasteiger partial charge on any atom is -0.469 e. The molecule has 2 amide bonds. The monoisotopic (exact) mass is 482 g/mol. The van der Waals surface area contributed by atoms with E-state index in [1.165, 1.54) is 0 Å². The fourth-order valence-corrected chi connectivity index (χ4v) is 4.06. The van der Waals surface area contributed by atoms with Gasteiger partial charge in [-0.3, -0.25) is 9.59 Å². The van der Waals surface area contributed by atoms with Gasteiger partial charge in [0, 0.05) is 5.92 Å². The molecule has 3 rings (SSSR count). The molecular weight excluding hydrogens is 452 g/mol. The van der Waals surface area contributed by atoms with E-state index in [1.807, 2.05) is 48.5 Å². The van der Waals surface area contributed by atoms with Crippen molar-refractivity contribution in [1.29, 1.82) is 0 Å². The normalized spacial score (nSPS) is 13.3. The first-order valence-corrected chi connectivity index (χ1v) is 11.2. The number of hydrogen-bond acceptors (Lipinski definition) is 8. The molecule has 2 N–H and O–H groups in total. The zero-order valence-electron chi connectivity index (χ0n) is 20.3. The summed E-state index contributed by atoms with van der Waals surface area (Å²) in [6.07, 6.45) is -1.69. The van der Waals surface area contributed by atoms with Crippen LogP contribution in [0.3, 0.4) is 0 Å². The minimum atomic E-state index is -1.59. The minimum absolute atomic E-state index is 0.0829. The van der Waals surface area contributed by atoms with E-state index in [1.54, 1.807) is 20.8 Å². The summed E-state index contributed by atoms with van der Waals surface area (Å²) in [4.78, 5) is 51.3. The molecule has 2 aromatic carbocycles. The number of fused-ring (bicyclic) bond motifs is 3. The zero-order chi connectivity index (χ0) is 25.8. The number of methoxy groups -OCH3 is 1. The van der Waals surface area contributed by atoms with Gasteiger partial charge in [-0.15, -0.1) is 0 Å². The molecular formula is C26H30N2O7. The van der Waals surface area contributed by atoms with Gasteiger partial charge in [0.2, 0.25) is 5.91 Å². The van der Waals surface area contributed by atoms with Gasteiger partial charge in [0.25, 0.3) is 0 Å². The number of carbonyl (C=O) groups is 4. The van der Waals surface area contributed by atoms with Crippen molar-refractivity contribution in [2.24, 2.45) is 5.73 Å². The highest BCUT2D eigenvalue weighted by molar-refractivity contribution is 5.99. The second-order valence-electron chi connectivity index (χ2n) is 9.10. The first-order chi connectivity index (χ1) is 16.6. The molecule has 1 atom stereocenters. The van der Waals surface area contributed by atoms with Gasteiger partial charge in [0.05, 0.1) is 20.1 Å². The van der Waals surface area contributed by atoms with Crippen molar-refractivity contribution in [3.63, 3.8) is 0 Å². The van der Waals surface area contributed by atoms with Crippen molar-refractivity contribution in [2.75, 3.05) is 20.3 Å². The first-order valence-electron chi connectivity index (χ1n) is 11.2. The summed E-state index contributed by atoms with van der Waals surface area (Å²) in [5, 5.41) is 0. The van der Waals surface area contributed by atoms with Crippen molar-refractivity contribution in [1.82, 2.24) is 4.90 Å². The van der Waals surface area contributed by atoms with Crippen LogP contribution in [-0.4, -0.2) is 60.7 Å². The van der Waals surface area contributed by atoms with E-state index in [2.05, 4.69) is 4.74 Å². The molecule has 1 aliphatic rings. The quantitative estimate of drug-likeness (QED) is 0.472. The molecule has 9 heteroatoms. The zero-order valence-corrected chi connectivity index (χ0v) is 20.3. The molecule has 0 saturated heterocycles. The second-order valence-corrected chi connectivity index (χ2v) is 9.10. The topological polar surface area (TPSA) is 125 Å². The summed E-state index contributed by atoms with van der Waals surface area (Å²) < 4.78 is 15.6. The number of amides is 2. The van der Waals surface area contributed by atoms with Gasteiger partial charge in [0.1, 0.15) is 12.2 Å². The third-order valence-electron chi connectivity index (χ3n) is 5.55. The third kappa shape index (κ3) is 5.86. The lowest BCUT2D eigenvalue weighted by molar-refractivity contribution is -0.166. The molecule has 35 heavy (non-hydrogen) atoms. The van der Waals surface area contributed by atoms with Crippen LogP contribution in [0.2, 0.25) is 0 Å². The van der Waals surface area contributed by atoms with E-state index < -0.39 is 48.5 Å². The lowest BCUT2D eigenvalue weighted by Crippen LogP contribution is -2.53. The predicted octanol–water partition coefficient (Wildman–Crippen LogP) is 3.00. The maximum Gasteiger partial charge on any atom is 0.417 e. The van der Waals surface area contributed by atoms with E-state index in [0.717, 1.165) is 29.4 Å². The smallest absolute Gasteiger partial charge is 0.417 e. The Labute approximate surface area is 204 Å². The molecule has 0 aliphatic heterocycles. The summed E-state index contributed by atoms with van der Waals surface area (Å²) in [5.74, 6) is -2.90. The average molecular weight is 483 g/mol. The van der Waals surface area contributed by atoms with Crippen molar-refractivity contribution >= 4 is 23.9 Å². The number of nitrogens with two attached hydrogens (primary N) is 1. The maximum absolute atomic E-state index is 13.2. The van der Waals surface area contributed by atoms with Gasteiger partial charge in [-0.25, -0.2) is 14.5 Å². The van der Waals surface area contributed by atoms with Crippen molar-refractivity contribution in [3.8, 4) is 11.1 Å². The lowest BCUT2D eigenvalue weighted by Gasteiger charge is -2.30. The Hall–Kier alpha value is -3.72. The molecule has 9 nitrogen and oxygen atoms in total. The number of nitrogens with zero attached hydrogens (tertiary/aromatic N) is 1. The highest BCUT2D eigenvalue weighted by Crippen LogP contribution is 2.44. The molecule has 0 bridgehead atoms. The molecule has 1 aliphatic carbocycles. The summed E-state index contributed by atoms with van der Waals surface area (Å²) in [7, 11) is 1.14.